The van der Waals surface area contributed by atoms with E-state index in [0.717, 1.165) is 6.54 Å². The van der Waals surface area contributed by atoms with Gasteiger partial charge < -0.3 is 0 Å². The fourth-order valence-electron chi connectivity index (χ4n) is 3.79. The van der Waals surface area contributed by atoms with Crippen LogP contribution >= 0.6 is 0 Å². The second-order valence-corrected chi connectivity index (χ2v) is 8.22. The first kappa shape index (κ1) is 21.7. The van der Waals surface area contributed by atoms with Gasteiger partial charge in [-0.25, -0.2) is 0 Å². The number of rotatable bonds is 13. The predicted octanol–water partition coefficient (Wildman–Crippen LogP) is 7.10. The highest BCUT2D eigenvalue weighted by molar-refractivity contribution is 5.22. The minimum Gasteiger partial charge on any atom is -0.198 e. The first-order valence-corrected chi connectivity index (χ1v) is 11.2. The number of unbranched alkanes of at least 4 members (excludes halogenated alkanes) is 9. The van der Waals surface area contributed by atoms with Crippen molar-refractivity contribution in [2.24, 2.45) is 0 Å². The zero-order chi connectivity index (χ0) is 19.3. The molecule has 0 fully saturated rings. The molecule has 0 saturated heterocycles. The van der Waals surface area contributed by atoms with Crippen LogP contribution in [-0.2, 0) is 13.0 Å². The number of aryl methyl sites for hydroxylation is 3. The summed E-state index contributed by atoms with van der Waals surface area (Å²) in [6.45, 7) is 7.59. The minimum atomic E-state index is 0.963. The van der Waals surface area contributed by atoms with Crippen LogP contribution in [0.25, 0.3) is 0 Å². The highest BCUT2D eigenvalue weighted by Crippen LogP contribution is 2.13. The maximum absolute atomic E-state index is 2.33. The van der Waals surface area contributed by atoms with Crippen molar-refractivity contribution < 1.29 is 4.57 Å². The molecule has 2 aromatic rings. The molecule has 0 amide bonds. The topological polar surface area (TPSA) is 3.88 Å². The van der Waals surface area contributed by atoms with E-state index in [-0.39, 0.29) is 0 Å². The Balaban J connectivity index is 1.60. The zero-order valence-corrected chi connectivity index (χ0v) is 18.0. The van der Waals surface area contributed by atoms with Crippen molar-refractivity contribution in [3.63, 3.8) is 0 Å². The molecular weight excluding hydrogens is 326 g/mol. The van der Waals surface area contributed by atoms with Crippen LogP contribution in [0.4, 0.5) is 0 Å². The summed E-state index contributed by atoms with van der Waals surface area (Å²) in [5, 5.41) is 0. The zero-order valence-electron chi connectivity index (χ0n) is 18.0. The molecule has 2 rings (SSSR count). The molecule has 0 N–H and O–H groups in total. The van der Waals surface area contributed by atoms with E-state index in [9.17, 15) is 0 Å². The van der Waals surface area contributed by atoms with Gasteiger partial charge in [-0.2, -0.15) is 4.57 Å². The van der Waals surface area contributed by atoms with Crippen molar-refractivity contribution in [2.45, 2.75) is 97.9 Å². The highest BCUT2D eigenvalue weighted by Gasteiger charge is 2.07. The number of hydrogen-bond donors (Lipinski definition) is 0. The number of benzene rings is 1. The normalized spacial score (nSPS) is 11.1. The molecule has 0 unspecified atom stereocenters. The largest absolute Gasteiger partial charge is 0.198 e. The van der Waals surface area contributed by atoms with Crippen molar-refractivity contribution in [2.75, 3.05) is 0 Å². The first-order chi connectivity index (χ1) is 13.2. The lowest BCUT2D eigenvalue weighted by atomic mass is 10.0. The Labute approximate surface area is 167 Å². The van der Waals surface area contributed by atoms with E-state index in [1.54, 1.807) is 0 Å². The molecule has 0 aliphatic carbocycles. The molecule has 1 heterocycles. The van der Waals surface area contributed by atoms with E-state index in [1.807, 2.05) is 0 Å². The molecule has 1 aromatic carbocycles. The molecular formula is C26H40N+. The van der Waals surface area contributed by atoms with Gasteiger partial charge in [-0.3, -0.25) is 0 Å². The van der Waals surface area contributed by atoms with Crippen molar-refractivity contribution >= 4 is 0 Å². The van der Waals surface area contributed by atoms with Crippen molar-refractivity contribution in [3.8, 4) is 0 Å². The first-order valence-electron chi connectivity index (χ1n) is 11.2. The van der Waals surface area contributed by atoms with E-state index in [1.165, 1.54) is 93.0 Å². The summed E-state index contributed by atoms with van der Waals surface area (Å²) in [6, 6.07) is 13.7. The molecule has 1 nitrogen and oxygen atoms in total. The third kappa shape index (κ3) is 8.73. The average molecular weight is 367 g/mol. The average Bonchev–Trinajstić information content (AvgIpc) is 2.67. The number of aromatic nitrogens is 1. The summed E-state index contributed by atoms with van der Waals surface area (Å²) in [6.07, 6.45) is 17.5. The summed E-state index contributed by atoms with van der Waals surface area (Å²) >= 11 is 0. The Morgan fingerprint density at radius 2 is 1.22 bits per heavy atom. The summed E-state index contributed by atoms with van der Waals surface area (Å²) in [4.78, 5) is 0. The quantitative estimate of drug-likeness (QED) is 0.263. The third-order valence-corrected chi connectivity index (χ3v) is 5.60. The van der Waals surface area contributed by atoms with Gasteiger partial charge in [-0.15, -0.1) is 0 Å². The van der Waals surface area contributed by atoms with Gasteiger partial charge in [0.15, 0.2) is 18.4 Å². The second-order valence-electron chi connectivity index (χ2n) is 8.22. The van der Waals surface area contributed by atoms with Gasteiger partial charge in [0.2, 0.25) is 0 Å². The van der Waals surface area contributed by atoms with Crippen LogP contribution in [0.3, 0.4) is 0 Å². The molecule has 148 valence electrons. The Morgan fingerprint density at radius 3 is 1.81 bits per heavy atom. The monoisotopic (exact) mass is 366 g/mol. The molecule has 27 heavy (non-hydrogen) atoms. The van der Waals surface area contributed by atoms with Crippen LogP contribution in [0.15, 0.2) is 42.6 Å². The molecule has 1 aromatic heterocycles. The van der Waals surface area contributed by atoms with Gasteiger partial charge in [0, 0.05) is 24.6 Å². The number of nitrogens with zero attached hydrogens (tertiary/aromatic N) is 1. The Morgan fingerprint density at radius 1 is 0.667 bits per heavy atom. The SMILES string of the molecule is CCCCCCCCCCCCc1ccc(C[n+]2ccc(C)cc2C)cc1. The Kier molecular flexibility index (Phi) is 10.2. The molecule has 0 spiro atoms. The van der Waals surface area contributed by atoms with Crippen LogP contribution in [-0.4, -0.2) is 0 Å². The van der Waals surface area contributed by atoms with Crippen molar-refractivity contribution in [3.05, 3.63) is 65.0 Å². The van der Waals surface area contributed by atoms with Gasteiger partial charge in [-0.1, -0.05) is 89.0 Å². The van der Waals surface area contributed by atoms with E-state index in [0.29, 0.717) is 0 Å². The van der Waals surface area contributed by atoms with E-state index < -0.39 is 0 Å². The molecule has 0 saturated carbocycles. The summed E-state index contributed by atoms with van der Waals surface area (Å²) in [5.74, 6) is 0. The van der Waals surface area contributed by atoms with Gasteiger partial charge in [-0.05, 0) is 30.9 Å². The van der Waals surface area contributed by atoms with Gasteiger partial charge in [0.05, 0.1) is 0 Å². The fourth-order valence-corrected chi connectivity index (χ4v) is 3.79. The standard InChI is InChI=1S/C26H40N/c1-4-5-6-7-8-9-10-11-12-13-14-25-15-17-26(18-16-25)22-27-20-19-23(2)21-24(27)3/h15-21H,4-14,22H2,1-3H3/q+1. The summed E-state index contributed by atoms with van der Waals surface area (Å²) in [5.41, 5.74) is 5.53. The second kappa shape index (κ2) is 12.7. The third-order valence-electron chi connectivity index (χ3n) is 5.60. The van der Waals surface area contributed by atoms with Gasteiger partial charge >= 0.3 is 0 Å². The van der Waals surface area contributed by atoms with Crippen LogP contribution in [0.1, 0.15) is 93.5 Å². The van der Waals surface area contributed by atoms with Crippen LogP contribution < -0.4 is 4.57 Å². The fraction of sp³-hybridized carbons (Fsp3) is 0.577. The number of hydrogen-bond acceptors (Lipinski definition) is 0. The molecule has 0 bridgehead atoms. The highest BCUT2D eigenvalue weighted by atomic mass is 14.9. The lowest BCUT2D eigenvalue weighted by Crippen LogP contribution is -2.37. The summed E-state index contributed by atoms with van der Waals surface area (Å²) in [7, 11) is 0. The van der Waals surface area contributed by atoms with Crippen LogP contribution in [0.5, 0.6) is 0 Å². The van der Waals surface area contributed by atoms with E-state index in [2.05, 4.69) is 67.9 Å². The Bertz CT molecular complexity index is 642. The molecule has 0 radical (unpaired) electrons. The predicted molar refractivity (Wildman–Crippen MR) is 117 cm³/mol. The molecule has 0 aliphatic heterocycles. The number of pyridine rings is 1. The Hall–Kier alpha value is -1.63. The van der Waals surface area contributed by atoms with Crippen molar-refractivity contribution in [1.29, 1.82) is 0 Å². The van der Waals surface area contributed by atoms with E-state index >= 15 is 0 Å². The van der Waals surface area contributed by atoms with E-state index in [4.69, 9.17) is 0 Å². The van der Waals surface area contributed by atoms with Gasteiger partial charge in [0.25, 0.3) is 0 Å². The smallest absolute Gasteiger partial charge is 0.178 e. The lowest BCUT2D eigenvalue weighted by Gasteiger charge is -2.05. The maximum atomic E-state index is 2.33. The minimum absolute atomic E-state index is 0.963. The maximum Gasteiger partial charge on any atom is 0.178 e. The summed E-state index contributed by atoms with van der Waals surface area (Å²) < 4.78 is 2.32. The molecule has 0 atom stereocenters. The molecule has 0 aliphatic rings. The van der Waals surface area contributed by atoms with Crippen molar-refractivity contribution in [1.82, 2.24) is 0 Å². The molecule has 1 heteroatoms. The van der Waals surface area contributed by atoms with Crippen LogP contribution in [0.2, 0.25) is 0 Å². The lowest BCUT2D eigenvalue weighted by molar-refractivity contribution is -0.694. The van der Waals surface area contributed by atoms with Gasteiger partial charge in [0.1, 0.15) is 0 Å². The van der Waals surface area contributed by atoms with Crippen LogP contribution in [0, 0.1) is 13.8 Å².